The lowest BCUT2D eigenvalue weighted by atomic mass is 10.1. The van der Waals surface area contributed by atoms with Crippen LogP contribution in [-0.4, -0.2) is 21.5 Å². The summed E-state index contributed by atoms with van der Waals surface area (Å²) in [6.07, 6.45) is 5.36. The van der Waals surface area contributed by atoms with Crippen LogP contribution in [0.3, 0.4) is 0 Å². The smallest absolute Gasteiger partial charge is 0.224 e. The molecule has 0 saturated carbocycles. The maximum absolute atomic E-state index is 4.37. The Hall–Kier alpha value is -2.17. The zero-order valence-corrected chi connectivity index (χ0v) is 10.6. The van der Waals surface area contributed by atoms with Gasteiger partial charge in [-0.2, -0.15) is 4.98 Å². The first kappa shape index (κ1) is 12.3. The second-order valence-corrected chi connectivity index (χ2v) is 3.95. The van der Waals surface area contributed by atoms with Gasteiger partial charge in [-0.3, -0.25) is 4.98 Å². The lowest BCUT2D eigenvalue weighted by molar-refractivity contribution is 0.864. The molecule has 0 aliphatic heterocycles. The van der Waals surface area contributed by atoms with Crippen LogP contribution in [0.2, 0.25) is 0 Å². The number of rotatable bonds is 5. The van der Waals surface area contributed by atoms with Crippen LogP contribution in [0.1, 0.15) is 25.5 Å². The van der Waals surface area contributed by atoms with Gasteiger partial charge in [-0.15, -0.1) is 0 Å². The minimum Gasteiger partial charge on any atom is -0.363 e. The Kier molecular flexibility index (Phi) is 4.06. The molecule has 5 nitrogen and oxygen atoms in total. The molecular formula is C13H17N5. The van der Waals surface area contributed by atoms with Gasteiger partial charge >= 0.3 is 0 Å². The summed E-state index contributed by atoms with van der Waals surface area (Å²) in [5, 5.41) is 6.41. The Morgan fingerprint density at radius 2 is 2.17 bits per heavy atom. The van der Waals surface area contributed by atoms with Gasteiger partial charge in [0.1, 0.15) is 5.82 Å². The van der Waals surface area contributed by atoms with Gasteiger partial charge in [0.25, 0.3) is 0 Å². The summed E-state index contributed by atoms with van der Waals surface area (Å²) >= 11 is 0. The highest BCUT2D eigenvalue weighted by molar-refractivity contribution is 5.41. The van der Waals surface area contributed by atoms with Crippen LogP contribution in [0.5, 0.6) is 0 Å². The standard InChI is InChI=1S/C13H17N5/c1-3-15-13-16-8-6-12(18-13)17-10(2)11-5-4-7-14-9-11/h4-10H,3H2,1-2H3,(H2,15,16,17,18). The van der Waals surface area contributed by atoms with Gasteiger partial charge in [0.05, 0.1) is 6.04 Å². The van der Waals surface area contributed by atoms with Gasteiger partial charge in [-0.1, -0.05) is 6.07 Å². The highest BCUT2D eigenvalue weighted by Crippen LogP contribution is 2.16. The Morgan fingerprint density at radius 1 is 1.28 bits per heavy atom. The molecule has 1 atom stereocenters. The van der Waals surface area contributed by atoms with Crippen LogP contribution in [0.4, 0.5) is 11.8 Å². The third-order valence-electron chi connectivity index (χ3n) is 2.54. The highest BCUT2D eigenvalue weighted by atomic mass is 15.1. The molecule has 2 aromatic rings. The van der Waals surface area contributed by atoms with Gasteiger partial charge in [-0.05, 0) is 31.5 Å². The molecule has 5 heteroatoms. The van der Waals surface area contributed by atoms with E-state index in [0.717, 1.165) is 17.9 Å². The molecule has 0 spiro atoms. The Labute approximate surface area is 107 Å². The van der Waals surface area contributed by atoms with Crippen molar-refractivity contribution >= 4 is 11.8 Å². The quantitative estimate of drug-likeness (QED) is 0.844. The molecule has 2 aromatic heterocycles. The topological polar surface area (TPSA) is 62.7 Å². The van der Waals surface area contributed by atoms with Gasteiger partial charge < -0.3 is 10.6 Å². The molecule has 0 aromatic carbocycles. The van der Waals surface area contributed by atoms with E-state index < -0.39 is 0 Å². The van der Waals surface area contributed by atoms with Gasteiger partial charge in [0.15, 0.2) is 0 Å². The molecule has 0 fully saturated rings. The molecule has 18 heavy (non-hydrogen) atoms. The second kappa shape index (κ2) is 5.95. The van der Waals surface area contributed by atoms with E-state index in [-0.39, 0.29) is 6.04 Å². The van der Waals surface area contributed by atoms with Crippen molar-refractivity contribution in [2.24, 2.45) is 0 Å². The van der Waals surface area contributed by atoms with Crippen molar-refractivity contribution in [2.75, 3.05) is 17.2 Å². The molecule has 2 rings (SSSR count). The number of hydrogen-bond acceptors (Lipinski definition) is 5. The van der Waals surface area contributed by atoms with E-state index in [2.05, 4.69) is 32.5 Å². The number of pyridine rings is 1. The van der Waals surface area contributed by atoms with Gasteiger partial charge in [0, 0.05) is 25.1 Å². The molecule has 0 bridgehead atoms. The second-order valence-electron chi connectivity index (χ2n) is 3.95. The number of nitrogens with zero attached hydrogens (tertiary/aromatic N) is 3. The number of anilines is 2. The van der Waals surface area contributed by atoms with Crippen molar-refractivity contribution in [3.63, 3.8) is 0 Å². The molecule has 0 aliphatic rings. The van der Waals surface area contributed by atoms with Crippen LogP contribution in [-0.2, 0) is 0 Å². The number of aromatic nitrogens is 3. The lowest BCUT2D eigenvalue weighted by Gasteiger charge is -2.14. The highest BCUT2D eigenvalue weighted by Gasteiger charge is 2.06. The first-order valence-corrected chi connectivity index (χ1v) is 6.03. The van der Waals surface area contributed by atoms with Crippen LogP contribution in [0.25, 0.3) is 0 Å². The summed E-state index contributed by atoms with van der Waals surface area (Å²) in [6, 6.07) is 5.98. The minimum absolute atomic E-state index is 0.156. The van der Waals surface area contributed by atoms with Crippen molar-refractivity contribution in [1.29, 1.82) is 0 Å². The van der Waals surface area contributed by atoms with Gasteiger partial charge in [0.2, 0.25) is 5.95 Å². The number of hydrogen-bond donors (Lipinski definition) is 2. The van der Waals surface area contributed by atoms with E-state index in [4.69, 9.17) is 0 Å². The van der Waals surface area contributed by atoms with Crippen molar-refractivity contribution < 1.29 is 0 Å². The van der Waals surface area contributed by atoms with Crippen LogP contribution < -0.4 is 10.6 Å². The van der Waals surface area contributed by atoms with E-state index in [1.165, 1.54) is 0 Å². The summed E-state index contributed by atoms with van der Waals surface area (Å²) < 4.78 is 0. The fourth-order valence-corrected chi connectivity index (χ4v) is 1.62. The summed E-state index contributed by atoms with van der Waals surface area (Å²) in [5.41, 5.74) is 1.13. The Bertz CT molecular complexity index is 486. The summed E-state index contributed by atoms with van der Waals surface area (Å²) in [6.45, 7) is 4.90. The maximum atomic E-state index is 4.37. The zero-order valence-electron chi connectivity index (χ0n) is 10.6. The largest absolute Gasteiger partial charge is 0.363 e. The Balaban J connectivity index is 2.07. The van der Waals surface area contributed by atoms with Crippen LogP contribution in [0.15, 0.2) is 36.8 Å². The van der Waals surface area contributed by atoms with E-state index in [1.807, 2.05) is 31.3 Å². The van der Waals surface area contributed by atoms with E-state index in [9.17, 15) is 0 Å². The fourth-order valence-electron chi connectivity index (χ4n) is 1.62. The Morgan fingerprint density at radius 3 is 2.89 bits per heavy atom. The van der Waals surface area contributed by atoms with E-state index >= 15 is 0 Å². The average Bonchev–Trinajstić information content (AvgIpc) is 2.40. The minimum atomic E-state index is 0.156. The molecule has 0 aliphatic carbocycles. The molecule has 2 heterocycles. The third kappa shape index (κ3) is 3.16. The van der Waals surface area contributed by atoms with Crippen molar-refractivity contribution in [2.45, 2.75) is 19.9 Å². The summed E-state index contributed by atoms with van der Waals surface area (Å²) in [4.78, 5) is 12.6. The van der Waals surface area contributed by atoms with Crippen molar-refractivity contribution in [1.82, 2.24) is 15.0 Å². The van der Waals surface area contributed by atoms with Crippen LogP contribution >= 0.6 is 0 Å². The first-order valence-electron chi connectivity index (χ1n) is 6.03. The maximum Gasteiger partial charge on any atom is 0.224 e. The normalized spacial score (nSPS) is 11.9. The third-order valence-corrected chi connectivity index (χ3v) is 2.54. The average molecular weight is 243 g/mol. The van der Waals surface area contributed by atoms with Crippen LogP contribution in [0, 0.1) is 0 Å². The van der Waals surface area contributed by atoms with E-state index in [0.29, 0.717) is 5.95 Å². The number of nitrogens with one attached hydrogen (secondary N) is 2. The molecule has 94 valence electrons. The lowest BCUT2D eigenvalue weighted by Crippen LogP contribution is -2.10. The van der Waals surface area contributed by atoms with Crippen molar-refractivity contribution in [3.05, 3.63) is 42.4 Å². The fraction of sp³-hybridized carbons (Fsp3) is 0.308. The van der Waals surface area contributed by atoms with Crippen molar-refractivity contribution in [3.8, 4) is 0 Å². The van der Waals surface area contributed by atoms with Gasteiger partial charge in [-0.25, -0.2) is 4.98 Å². The molecule has 0 amide bonds. The summed E-state index contributed by atoms with van der Waals surface area (Å²) in [5.74, 6) is 1.44. The molecule has 2 N–H and O–H groups in total. The van der Waals surface area contributed by atoms with E-state index in [1.54, 1.807) is 12.4 Å². The molecule has 0 saturated heterocycles. The SMILES string of the molecule is CCNc1nccc(NC(C)c2cccnc2)n1. The molecular weight excluding hydrogens is 226 g/mol. The predicted molar refractivity (Wildman–Crippen MR) is 72.5 cm³/mol. The molecule has 0 radical (unpaired) electrons. The molecule has 1 unspecified atom stereocenters. The predicted octanol–water partition coefficient (Wildman–Crippen LogP) is 2.48. The monoisotopic (exact) mass is 243 g/mol. The first-order chi connectivity index (χ1) is 8.79. The summed E-state index contributed by atoms with van der Waals surface area (Å²) in [7, 11) is 0. The zero-order chi connectivity index (χ0) is 12.8.